The van der Waals surface area contributed by atoms with Crippen molar-refractivity contribution in [3.8, 4) is 0 Å². The van der Waals surface area contributed by atoms with Gasteiger partial charge in [0.05, 0.1) is 11.2 Å². The van der Waals surface area contributed by atoms with Crippen LogP contribution in [0.5, 0.6) is 0 Å². The van der Waals surface area contributed by atoms with Gasteiger partial charge in [0.15, 0.2) is 5.82 Å². The van der Waals surface area contributed by atoms with E-state index in [9.17, 15) is 4.39 Å². The molecule has 2 fully saturated rings. The maximum Gasteiger partial charge on any atom is 0.150 e. The summed E-state index contributed by atoms with van der Waals surface area (Å²) in [6, 6.07) is 5.10. The van der Waals surface area contributed by atoms with Crippen molar-refractivity contribution in [2.75, 3.05) is 17.6 Å². The minimum absolute atomic E-state index is 0.305. The molecule has 20 heavy (non-hydrogen) atoms. The Labute approximate surface area is 117 Å². The number of nitrogens with two attached hydrogens (primary N) is 1. The predicted molar refractivity (Wildman–Crippen MR) is 79.0 cm³/mol. The van der Waals surface area contributed by atoms with Crippen LogP contribution < -0.4 is 11.1 Å². The van der Waals surface area contributed by atoms with Gasteiger partial charge in [-0.25, -0.2) is 4.39 Å². The molecule has 2 aliphatic rings. The Morgan fingerprint density at radius 3 is 2.90 bits per heavy atom. The zero-order valence-corrected chi connectivity index (χ0v) is 11.3. The molecule has 0 aliphatic heterocycles. The number of nitrogen functional groups attached to an aromatic ring is 1. The summed E-state index contributed by atoms with van der Waals surface area (Å²) in [5, 5.41) is 4.13. The minimum atomic E-state index is -0.305. The number of nitrogens with zero attached hydrogens (tertiary/aromatic N) is 1. The molecule has 0 unspecified atom stereocenters. The summed E-state index contributed by atoms with van der Waals surface area (Å²) in [5.41, 5.74) is 7.88. The monoisotopic (exact) mass is 271 g/mol. The van der Waals surface area contributed by atoms with E-state index >= 15 is 0 Å². The molecule has 0 atom stereocenters. The second-order valence-corrected chi connectivity index (χ2v) is 6.21. The first-order valence-corrected chi connectivity index (χ1v) is 7.26. The summed E-state index contributed by atoms with van der Waals surface area (Å²) < 4.78 is 14.2. The molecule has 0 radical (unpaired) electrons. The largest absolute Gasteiger partial charge is 0.398 e. The summed E-state index contributed by atoms with van der Waals surface area (Å²) >= 11 is 0. The summed E-state index contributed by atoms with van der Waals surface area (Å²) in [5.74, 6) is 0.548. The summed E-state index contributed by atoms with van der Waals surface area (Å²) in [7, 11) is 0. The van der Waals surface area contributed by atoms with E-state index in [0.717, 1.165) is 17.8 Å². The topological polar surface area (TPSA) is 50.9 Å². The molecule has 1 aromatic carbocycles. The predicted octanol–water partition coefficient (Wildman–Crippen LogP) is 3.56. The van der Waals surface area contributed by atoms with Gasteiger partial charge in [-0.05, 0) is 55.2 Å². The fourth-order valence-corrected chi connectivity index (χ4v) is 3.26. The van der Waals surface area contributed by atoms with E-state index in [0.29, 0.717) is 22.3 Å². The van der Waals surface area contributed by atoms with Crippen molar-refractivity contribution in [1.82, 2.24) is 4.98 Å². The van der Waals surface area contributed by atoms with E-state index in [2.05, 4.69) is 10.3 Å². The van der Waals surface area contributed by atoms with E-state index in [1.165, 1.54) is 31.7 Å². The Morgan fingerprint density at radius 2 is 2.20 bits per heavy atom. The van der Waals surface area contributed by atoms with Gasteiger partial charge < -0.3 is 11.1 Å². The Kier molecular flexibility index (Phi) is 2.43. The number of fused-ring (bicyclic) bond motifs is 1. The fraction of sp³-hybridized carbons (Fsp3) is 0.438. The molecule has 2 saturated carbocycles. The third-order valence-electron chi connectivity index (χ3n) is 4.83. The summed E-state index contributed by atoms with van der Waals surface area (Å²) in [6.45, 7) is 0.851. The van der Waals surface area contributed by atoms with Gasteiger partial charge in [-0.15, -0.1) is 0 Å². The lowest BCUT2D eigenvalue weighted by molar-refractivity contribution is 0.465. The second-order valence-electron chi connectivity index (χ2n) is 6.21. The first kappa shape index (κ1) is 11.9. The molecule has 2 aliphatic carbocycles. The van der Waals surface area contributed by atoms with Gasteiger partial charge in [0.1, 0.15) is 0 Å². The molecule has 0 amide bonds. The molecule has 1 heterocycles. The maximum atomic E-state index is 14.2. The molecule has 0 bridgehead atoms. The van der Waals surface area contributed by atoms with Crippen LogP contribution in [0, 0.1) is 17.2 Å². The number of aromatic nitrogens is 1. The van der Waals surface area contributed by atoms with Crippen LogP contribution in [0.1, 0.15) is 25.7 Å². The molecule has 1 aromatic heterocycles. The van der Waals surface area contributed by atoms with Crippen molar-refractivity contribution in [3.63, 3.8) is 0 Å². The van der Waals surface area contributed by atoms with Crippen LogP contribution in [0.2, 0.25) is 0 Å². The Balaban J connectivity index is 1.68. The Bertz CT molecular complexity index is 675. The van der Waals surface area contributed by atoms with Crippen LogP contribution >= 0.6 is 0 Å². The third kappa shape index (κ3) is 1.82. The van der Waals surface area contributed by atoms with Crippen LogP contribution in [-0.4, -0.2) is 11.5 Å². The van der Waals surface area contributed by atoms with Crippen molar-refractivity contribution in [3.05, 3.63) is 30.2 Å². The van der Waals surface area contributed by atoms with Crippen molar-refractivity contribution in [1.29, 1.82) is 0 Å². The number of halogens is 1. The molecule has 4 rings (SSSR count). The average molecular weight is 271 g/mol. The summed E-state index contributed by atoms with van der Waals surface area (Å²) in [6.07, 6.45) is 6.90. The zero-order valence-electron chi connectivity index (χ0n) is 11.3. The van der Waals surface area contributed by atoms with Gasteiger partial charge in [-0.2, -0.15) is 0 Å². The van der Waals surface area contributed by atoms with Crippen molar-refractivity contribution in [2.45, 2.75) is 25.7 Å². The Morgan fingerprint density at radius 1 is 1.40 bits per heavy atom. The number of pyridine rings is 1. The lowest BCUT2D eigenvalue weighted by Crippen LogP contribution is -2.18. The molecular weight excluding hydrogens is 253 g/mol. The molecule has 0 spiro atoms. The van der Waals surface area contributed by atoms with E-state index in [4.69, 9.17) is 5.73 Å². The van der Waals surface area contributed by atoms with Crippen LogP contribution in [0.3, 0.4) is 0 Å². The third-order valence-corrected chi connectivity index (χ3v) is 4.83. The highest BCUT2D eigenvalue weighted by Crippen LogP contribution is 2.61. The highest BCUT2D eigenvalue weighted by molar-refractivity contribution is 5.98. The fourth-order valence-electron chi connectivity index (χ4n) is 3.26. The van der Waals surface area contributed by atoms with Gasteiger partial charge in [-0.3, -0.25) is 4.98 Å². The smallest absolute Gasteiger partial charge is 0.150 e. The number of benzene rings is 1. The van der Waals surface area contributed by atoms with E-state index < -0.39 is 0 Å². The SMILES string of the molecule is Nc1cc(F)c(NCC2(C3CC3)CC2)c2ncccc12. The van der Waals surface area contributed by atoms with Gasteiger partial charge in [0.2, 0.25) is 0 Å². The number of nitrogens with one attached hydrogen (secondary N) is 1. The average Bonchev–Trinajstić information content (AvgIpc) is 3.31. The molecule has 4 heteroatoms. The van der Waals surface area contributed by atoms with Gasteiger partial charge in [0.25, 0.3) is 0 Å². The quantitative estimate of drug-likeness (QED) is 0.836. The van der Waals surface area contributed by atoms with Crippen molar-refractivity contribution >= 4 is 22.3 Å². The second kappa shape index (κ2) is 4.08. The van der Waals surface area contributed by atoms with Crippen LogP contribution in [-0.2, 0) is 0 Å². The molecule has 104 valence electrons. The minimum Gasteiger partial charge on any atom is -0.398 e. The van der Waals surface area contributed by atoms with Crippen LogP contribution in [0.25, 0.3) is 10.9 Å². The van der Waals surface area contributed by atoms with Crippen molar-refractivity contribution < 1.29 is 4.39 Å². The number of rotatable bonds is 4. The highest BCUT2D eigenvalue weighted by Gasteiger charge is 2.53. The summed E-state index contributed by atoms with van der Waals surface area (Å²) in [4.78, 5) is 4.30. The normalized spacial score (nSPS) is 20.1. The van der Waals surface area contributed by atoms with Crippen LogP contribution in [0.15, 0.2) is 24.4 Å². The number of hydrogen-bond donors (Lipinski definition) is 2. The van der Waals surface area contributed by atoms with E-state index in [1.807, 2.05) is 12.1 Å². The van der Waals surface area contributed by atoms with Gasteiger partial charge in [-0.1, -0.05) is 0 Å². The van der Waals surface area contributed by atoms with E-state index in [1.54, 1.807) is 6.20 Å². The standard InChI is InChI=1S/C16H18FN3/c17-12-8-13(18)11-2-1-7-19-14(11)15(12)20-9-16(5-6-16)10-3-4-10/h1-2,7-8,10,20H,3-6,9,18H2. The van der Waals surface area contributed by atoms with Gasteiger partial charge in [0, 0.05) is 23.8 Å². The molecule has 0 saturated heterocycles. The van der Waals surface area contributed by atoms with Crippen LogP contribution in [0.4, 0.5) is 15.8 Å². The number of anilines is 2. The zero-order chi connectivity index (χ0) is 13.7. The molecule has 3 N–H and O–H groups in total. The van der Waals surface area contributed by atoms with Gasteiger partial charge >= 0.3 is 0 Å². The van der Waals surface area contributed by atoms with Crippen molar-refractivity contribution in [2.24, 2.45) is 11.3 Å². The first-order chi connectivity index (χ1) is 9.70. The Hall–Kier alpha value is -1.84. The molecular formula is C16H18FN3. The molecule has 2 aromatic rings. The first-order valence-electron chi connectivity index (χ1n) is 7.26. The highest BCUT2D eigenvalue weighted by atomic mass is 19.1. The lowest BCUT2D eigenvalue weighted by Gasteiger charge is -2.18. The lowest BCUT2D eigenvalue weighted by atomic mass is 10.0. The molecule has 3 nitrogen and oxygen atoms in total. The van der Waals surface area contributed by atoms with E-state index in [-0.39, 0.29) is 5.82 Å². The number of hydrogen-bond acceptors (Lipinski definition) is 3. The maximum absolute atomic E-state index is 14.2.